The fraction of sp³-hybridized carbons (Fsp3) is 0.846. The summed E-state index contributed by atoms with van der Waals surface area (Å²) < 4.78 is 11.1. The van der Waals surface area contributed by atoms with Crippen LogP contribution in [0.25, 0.3) is 0 Å². The van der Waals surface area contributed by atoms with Crippen LogP contribution in [0.15, 0.2) is 0 Å². The van der Waals surface area contributed by atoms with Gasteiger partial charge in [-0.25, -0.2) is 4.79 Å². The molecule has 20 heavy (non-hydrogen) atoms. The number of urea groups is 1. The van der Waals surface area contributed by atoms with Gasteiger partial charge in [0, 0.05) is 25.9 Å². The molecule has 2 saturated heterocycles. The van der Waals surface area contributed by atoms with Gasteiger partial charge in [0.2, 0.25) is 5.91 Å². The molecule has 0 aromatic carbocycles. The molecule has 3 amide bonds. The highest BCUT2D eigenvalue weighted by molar-refractivity contribution is 5.94. The molecule has 2 fully saturated rings. The highest BCUT2D eigenvalue weighted by Crippen LogP contribution is 2.25. The summed E-state index contributed by atoms with van der Waals surface area (Å²) in [6, 6.07) is -0.454. The summed E-state index contributed by atoms with van der Waals surface area (Å²) in [5.74, 6) is 0.224. The Hall–Kier alpha value is -1.18. The van der Waals surface area contributed by atoms with Crippen LogP contribution < -0.4 is 10.6 Å². The van der Waals surface area contributed by atoms with Gasteiger partial charge in [-0.1, -0.05) is 0 Å². The molecule has 0 aromatic rings. The van der Waals surface area contributed by atoms with Gasteiger partial charge in [-0.3, -0.25) is 10.1 Å². The van der Waals surface area contributed by atoms with E-state index in [9.17, 15) is 9.59 Å². The molecule has 2 aliphatic heterocycles. The largest absolute Gasteiger partial charge is 0.350 e. The summed E-state index contributed by atoms with van der Waals surface area (Å²) >= 11 is 0. The molecule has 0 unspecified atom stereocenters. The van der Waals surface area contributed by atoms with Crippen molar-refractivity contribution in [2.75, 3.05) is 39.9 Å². The number of hydrogen-bond donors (Lipinski definition) is 2. The Morgan fingerprint density at radius 3 is 2.45 bits per heavy atom. The number of hydrogen-bond acceptors (Lipinski definition) is 5. The van der Waals surface area contributed by atoms with Crippen molar-refractivity contribution < 1.29 is 19.1 Å². The van der Waals surface area contributed by atoms with Gasteiger partial charge in [-0.15, -0.1) is 0 Å². The predicted molar refractivity (Wildman–Crippen MR) is 72.1 cm³/mol. The first kappa shape index (κ1) is 15.2. The molecule has 0 spiro atoms. The van der Waals surface area contributed by atoms with Crippen molar-refractivity contribution >= 4 is 11.9 Å². The van der Waals surface area contributed by atoms with Crippen LogP contribution in [0.4, 0.5) is 4.79 Å². The maximum atomic E-state index is 11.5. The third kappa shape index (κ3) is 4.43. The topological polar surface area (TPSA) is 79.9 Å². The Morgan fingerprint density at radius 2 is 1.85 bits per heavy atom. The number of ether oxygens (including phenoxy) is 2. The van der Waals surface area contributed by atoms with Crippen molar-refractivity contribution in [3.05, 3.63) is 0 Å². The average Bonchev–Trinajstić information content (AvgIpc) is 2.99. The SMILES string of the molecule is CNC(=O)NC(=O)CCN1CCC(C2OCCO2)CC1. The van der Waals surface area contributed by atoms with Crippen molar-refractivity contribution in [2.24, 2.45) is 5.92 Å². The number of nitrogens with one attached hydrogen (secondary N) is 2. The van der Waals surface area contributed by atoms with E-state index in [-0.39, 0.29) is 12.2 Å². The van der Waals surface area contributed by atoms with Gasteiger partial charge in [0.05, 0.1) is 13.2 Å². The molecule has 0 aliphatic carbocycles. The number of amides is 3. The molecule has 0 saturated carbocycles. The van der Waals surface area contributed by atoms with E-state index in [0.717, 1.165) is 25.9 Å². The zero-order valence-electron chi connectivity index (χ0n) is 11.9. The van der Waals surface area contributed by atoms with E-state index in [0.29, 0.717) is 32.1 Å². The van der Waals surface area contributed by atoms with Gasteiger partial charge in [0.1, 0.15) is 0 Å². The molecular weight excluding hydrogens is 262 g/mol. The predicted octanol–water partition coefficient (Wildman–Crippen LogP) is -0.0830. The first-order valence-corrected chi connectivity index (χ1v) is 7.16. The van der Waals surface area contributed by atoms with Gasteiger partial charge < -0.3 is 19.7 Å². The van der Waals surface area contributed by atoms with E-state index < -0.39 is 6.03 Å². The number of imide groups is 1. The molecule has 2 heterocycles. The van der Waals surface area contributed by atoms with Gasteiger partial charge in [0.15, 0.2) is 6.29 Å². The lowest BCUT2D eigenvalue weighted by Gasteiger charge is -2.33. The fourth-order valence-electron chi connectivity index (χ4n) is 2.61. The summed E-state index contributed by atoms with van der Waals surface area (Å²) in [5.41, 5.74) is 0. The molecule has 7 heteroatoms. The first-order valence-electron chi connectivity index (χ1n) is 7.16. The second kappa shape index (κ2) is 7.56. The number of carbonyl (C=O) groups excluding carboxylic acids is 2. The lowest BCUT2D eigenvalue weighted by molar-refractivity contribution is -0.120. The van der Waals surface area contributed by atoms with Crippen molar-refractivity contribution in [2.45, 2.75) is 25.6 Å². The molecule has 0 atom stereocenters. The van der Waals surface area contributed by atoms with Gasteiger partial charge in [-0.05, 0) is 25.9 Å². The summed E-state index contributed by atoms with van der Waals surface area (Å²) in [6.07, 6.45) is 2.37. The van der Waals surface area contributed by atoms with E-state index in [1.165, 1.54) is 7.05 Å². The van der Waals surface area contributed by atoms with E-state index in [1.807, 2.05) is 0 Å². The highest BCUT2D eigenvalue weighted by atomic mass is 16.7. The lowest BCUT2D eigenvalue weighted by Crippen LogP contribution is -2.42. The summed E-state index contributed by atoms with van der Waals surface area (Å²) in [4.78, 5) is 24.7. The van der Waals surface area contributed by atoms with E-state index in [2.05, 4.69) is 15.5 Å². The molecule has 0 radical (unpaired) electrons. The average molecular weight is 285 g/mol. The van der Waals surface area contributed by atoms with Crippen molar-refractivity contribution in [3.8, 4) is 0 Å². The van der Waals surface area contributed by atoms with E-state index >= 15 is 0 Å². The number of likely N-dealkylation sites (tertiary alicyclic amines) is 1. The minimum Gasteiger partial charge on any atom is -0.350 e. The van der Waals surface area contributed by atoms with Crippen LogP contribution in [0.3, 0.4) is 0 Å². The minimum absolute atomic E-state index is 0.0336. The minimum atomic E-state index is -0.454. The Bertz CT molecular complexity index is 337. The van der Waals surface area contributed by atoms with Crippen LogP contribution in [0.2, 0.25) is 0 Å². The molecule has 7 nitrogen and oxygen atoms in total. The highest BCUT2D eigenvalue weighted by Gasteiger charge is 2.30. The Kier molecular flexibility index (Phi) is 5.75. The third-order valence-corrected chi connectivity index (χ3v) is 3.80. The first-order chi connectivity index (χ1) is 9.69. The maximum Gasteiger partial charge on any atom is 0.321 e. The van der Waals surface area contributed by atoms with Crippen LogP contribution in [-0.4, -0.2) is 63.0 Å². The lowest BCUT2D eigenvalue weighted by atomic mass is 9.96. The maximum absolute atomic E-state index is 11.5. The van der Waals surface area contributed by atoms with Gasteiger partial charge in [0.25, 0.3) is 0 Å². The summed E-state index contributed by atoms with van der Waals surface area (Å²) in [7, 11) is 1.49. The van der Waals surface area contributed by atoms with E-state index in [4.69, 9.17) is 9.47 Å². The standard InChI is InChI=1S/C13H23N3O4/c1-14-13(18)15-11(17)4-7-16-5-2-10(3-6-16)12-19-8-9-20-12/h10,12H,2-9H2,1H3,(H2,14,15,17,18). The van der Waals surface area contributed by atoms with E-state index in [1.54, 1.807) is 0 Å². The van der Waals surface area contributed by atoms with Crippen LogP contribution in [0, 0.1) is 5.92 Å². The molecule has 114 valence electrons. The number of piperidine rings is 1. The van der Waals surface area contributed by atoms with Crippen molar-refractivity contribution in [1.29, 1.82) is 0 Å². The van der Waals surface area contributed by atoms with Crippen molar-refractivity contribution in [3.63, 3.8) is 0 Å². The number of rotatable bonds is 4. The van der Waals surface area contributed by atoms with Crippen molar-refractivity contribution in [1.82, 2.24) is 15.5 Å². The summed E-state index contributed by atoms with van der Waals surface area (Å²) in [5, 5.41) is 4.63. The normalized spacial score (nSPS) is 21.9. The smallest absolute Gasteiger partial charge is 0.321 e. The zero-order chi connectivity index (χ0) is 14.4. The number of nitrogens with zero attached hydrogens (tertiary/aromatic N) is 1. The monoisotopic (exact) mass is 285 g/mol. The number of carbonyl (C=O) groups is 2. The zero-order valence-corrected chi connectivity index (χ0v) is 11.9. The fourth-order valence-corrected chi connectivity index (χ4v) is 2.61. The van der Waals surface area contributed by atoms with Gasteiger partial charge >= 0.3 is 6.03 Å². The third-order valence-electron chi connectivity index (χ3n) is 3.80. The Balaban J connectivity index is 1.61. The van der Waals surface area contributed by atoms with Crippen LogP contribution >= 0.6 is 0 Å². The summed E-state index contributed by atoms with van der Waals surface area (Å²) in [6.45, 7) is 3.97. The Labute approximate surface area is 119 Å². The van der Waals surface area contributed by atoms with Crippen LogP contribution in [-0.2, 0) is 14.3 Å². The van der Waals surface area contributed by atoms with Crippen LogP contribution in [0.5, 0.6) is 0 Å². The quantitative estimate of drug-likeness (QED) is 0.755. The molecule has 2 aliphatic rings. The second-order valence-corrected chi connectivity index (χ2v) is 5.17. The molecule has 0 bridgehead atoms. The second-order valence-electron chi connectivity index (χ2n) is 5.17. The molecular formula is C13H23N3O4. The molecule has 2 N–H and O–H groups in total. The van der Waals surface area contributed by atoms with Crippen LogP contribution in [0.1, 0.15) is 19.3 Å². The molecule has 0 aromatic heterocycles. The molecule has 2 rings (SSSR count). The Morgan fingerprint density at radius 1 is 1.20 bits per heavy atom. The van der Waals surface area contributed by atoms with Gasteiger partial charge in [-0.2, -0.15) is 0 Å².